The van der Waals surface area contributed by atoms with Gasteiger partial charge in [-0.2, -0.15) is 4.98 Å². The van der Waals surface area contributed by atoms with Crippen LogP contribution in [0.1, 0.15) is 24.2 Å². The number of unbranched alkanes of at least 4 members (excludes halogenated alkanes) is 1. The number of nitrogens with one attached hydrogen (secondary N) is 1. The van der Waals surface area contributed by atoms with E-state index in [0.717, 1.165) is 6.07 Å². The Kier molecular flexibility index (Phi) is 8.32. The van der Waals surface area contributed by atoms with E-state index < -0.39 is 23.9 Å². The van der Waals surface area contributed by atoms with Gasteiger partial charge in [0.2, 0.25) is 5.88 Å². The lowest BCUT2D eigenvalue weighted by atomic mass is 10.2. The van der Waals surface area contributed by atoms with Crippen molar-refractivity contribution in [2.75, 3.05) is 27.4 Å². The first-order valence-electron chi connectivity index (χ1n) is 11.5. The van der Waals surface area contributed by atoms with E-state index in [1.165, 1.54) is 37.0 Å². The molecule has 0 saturated carbocycles. The summed E-state index contributed by atoms with van der Waals surface area (Å²) in [5.41, 5.74) is -0.0558. The van der Waals surface area contributed by atoms with Crippen LogP contribution < -0.4 is 24.6 Å². The molecule has 0 aliphatic rings. The van der Waals surface area contributed by atoms with Gasteiger partial charge in [0.25, 0.3) is 0 Å². The third kappa shape index (κ3) is 5.36. The normalized spacial score (nSPS) is 11.1. The molecule has 0 spiro atoms. The van der Waals surface area contributed by atoms with E-state index in [0.29, 0.717) is 18.7 Å². The van der Waals surface area contributed by atoms with E-state index in [2.05, 4.69) is 15.0 Å². The summed E-state index contributed by atoms with van der Waals surface area (Å²) in [6.07, 6.45) is 1.05. The lowest BCUT2D eigenvalue weighted by Gasteiger charge is -2.17. The summed E-state index contributed by atoms with van der Waals surface area (Å²) < 4.78 is 51.8. The van der Waals surface area contributed by atoms with Gasteiger partial charge in [0, 0.05) is 18.7 Å². The van der Waals surface area contributed by atoms with Crippen LogP contribution in [0.15, 0.2) is 29.1 Å². The molecule has 0 aliphatic heterocycles. The van der Waals surface area contributed by atoms with Crippen LogP contribution in [0.3, 0.4) is 0 Å². The predicted octanol–water partition coefficient (Wildman–Crippen LogP) is 4.10. The van der Waals surface area contributed by atoms with Gasteiger partial charge in [-0.1, -0.05) is 11.6 Å². The molecule has 13 heteroatoms. The first kappa shape index (κ1) is 27.1. The van der Waals surface area contributed by atoms with Gasteiger partial charge in [-0.05, 0) is 31.9 Å². The third-order valence-corrected chi connectivity index (χ3v) is 5.92. The number of halogens is 3. The van der Waals surface area contributed by atoms with Crippen LogP contribution >= 0.6 is 11.6 Å². The largest absolute Gasteiger partial charge is 0.496 e. The molecular formula is C25H25ClF2N4O6. The number of methoxy groups -OCH3 is 2. The van der Waals surface area contributed by atoms with Crippen LogP contribution in [0.5, 0.6) is 23.1 Å². The number of aliphatic hydroxyl groups excluding tert-OH is 1. The van der Waals surface area contributed by atoms with E-state index in [4.69, 9.17) is 35.7 Å². The maximum Gasteiger partial charge on any atom is 0.332 e. The van der Waals surface area contributed by atoms with Gasteiger partial charge in [-0.15, -0.1) is 0 Å². The summed E-state index contributed by atoms with van der Waals surface area (Å²) in [5.74, 6) is -1.26. The lowest BCUT2D eigenvalue weighted by molar-refractivity contribution is 0.235. The van der Waals surface area contributed by atoms with E-state index in [-0.39, 0.29) is 63.8 Å². The van der Waals surface area contributed by atoms with Crippen LogP contribution in [0.4, 0.5) is 8.78 Å². The molecule has 0 atom stereocenters. The van der Waals surface area contributed by atoms with Gasteiger partial charge in [-0.25, -0.2) is 23.1 Å². The number of ether oxygens (including phenoxy) is 4. The number of aromatic amines is 1. The topological polar surface area (TPSA) is 121 Å². The maximum atomic E-state index is 14.6. The van der Waals surface area contributed by atoms with Gasteiger partial charge in [0.1, 0.15) is 23.7 Å². The van der Waals surface area contributed by atoms with Crippen molar-refractivity contribution in [1.29, 1.82) is 0 Å². The highest BCUT2D eigenvalue weighted by Crippen LogP contribution is 2.37. The van der Waals surface area contributed by atoms with Crippen molar-refractivity contribution in [1.82, 2.24) is 19.5 Å². The van der Waals surface area contributed by atoms with Crippen molar-refractivity contribution in [3.05, 3.63) is 62.8 Å². The number of aryl methyl sites for hydroxylation is 1. The molecule has 0 unspecified atom stereocenters. The van der Waals surface area contributed by atoms with Crippen LogP contribution in [0, 0.1) is 18.6 Å². The molecule has 4 aromatic rings. The van der Waals surface area contributed by atoms with E-state index in [1.54, 1.807) is 6.92 Å². The molecular weight excluding hydrogens is 526 g/mol. The monoisotopic (exact) mass is 550 g/mol. The Hall–Kier alpha value is -3.90. The van der Waals surface area contributed by atoms with E-state index >= 15 is 0 Å². The first-order valence-corrected chi connectivity index (χ1v) is 11.9. The molecule has 0 saturated heterocycles. The Morgan fingerprint density at radius 2 is 1.82 bits per heavy atom. The Morgan fingerprint density at radius 1 is 1.05 bits per heavy atom. The van der Waals surface area contributed by atoms with E-state index in [1.807, 2.05) is 0 Å². The third-order valence-electron chi connectivity index (χ3n) is 5.62. The van der Waals surface area contributed by atoms with Crippen molar-refractivity contribution in [2.45, 2.75) is 26.4 Å². The molecule has 0 amide bonds. The smallest absolute Gasteiger partial charge is 0.332 e. The molecule has 202 valence electrons. The number of benzene rings is 2. The van der Waals surface area contributed by atoms with Crippen molar-refractivity contribution >= 4 is 22.8 Å². The van der Waals surface area contributed by atoms with E-state index in [9.17, 15) is 13.6 Å². The van der Waals surface area contributed by atoms with Gasteiger partial charge in [0.05, 0.1) is 37.1 Å². The number of aromatic nitrogens is 4. The first-order chi connectivity index (χ1) is 18.3. The summed E-state index contributed by atoms with van der Waals surface area (Å²) in [6.45, 7) is 1.45. The number of hydrogen-bond donors (Lipinski definition) is 2. The number of nitrogens with zero attached hydrogens (tertiary/aromatic N) is 3. The average Bonchev–Trinajstić information content (AvgIpc) is 3.22. The summed E-state index contributed by atoms with van der Waals surface area (Å²) in [4.78, 5) is 24.2. The zero-order chi connectivity index (χ0) is 27.4. The van der Waals surface area contributed by atoms with Crippen LogP contribution in [-0.4, -0.2) is 52.1 Å². The van der Waals surface area contributed by atoms with Crippen molar-refractivity contribution < 1.29 is 32.8 Å². The second-order valence-corrected chi connectivity index (χ2v) is 8.51. The summed E-state index contributed by atoms with van der Waals surface area (Å²) >= 11 is 6.58. The van der Waals surface area contributed by atoms with Gasteiger partial charge in [-0.3, -0.25) is 4.98 Å². The molecule has 2 heterocycles. The molecule has 2 aromatic heterocycles. The fourth-order valence-electron chi connectivity index (χ4n) is 3.80. The Labute approximate surface area is 220 Å². The Morgan fingerprint density at radius 3 is 2.53 bits per heavy atom. The second kappa shape index (κ2) is 11.7. The standard InChI is InChI=1S/C25H25ClF2N4O6/c1-13-29-23-22(24(30-13)36-3)31-25(34)32(23)17-11-20(19(10-15(17)26)37-9-5-4-8-33)38-12-14-18(35-2)7-6-16(27)21(14)28/h6-7,10-11,33H,4-5,8-9,12H2,1-3H3,(H,31,34). The number of H-pyrrole nitrogens is 1. The number of aliphatic hydroxyl groups is 1. The highest BCUT2D eigenvalue weighted by Gasteiger charge is 2.22. The van der Waals surface area contributed by atoms with Gasteiger partial charge in [0.15, 0.2) is 28.8 Å². The molecule has 10 nitrogen and oxygen atoms in total. The highest BCUT2D eigenvalue weighted by atomic mass is 35.5. The minimum absolute atomic E-state index is 0.000723. The molecule has 2 aromatic carbocycles. The minimum atomic E-state index is -1.11. The number of rotatable bonds is 11. The summed E-state index contributed by atoms with van der Waals surface area (Å²) in [6, 6.07) is 5.12. The predicted molar refractivity (Wildman–Crippen MR) is 135 cm³/mol. The SMILES string of the molecule is COc1ccc(F)c(F)c1COc1cc(-n2c(=O)[nH]c3c(OC)nc(C)nc32)c(Cl)cc1OCCCCO. The van der Waals surface area contributed by atoms with Crippen molar-refractivity contribution in [3.8, 4) is 28.8 Å². The van der Waals surface area contributed by atoms with Gasteiger partial charge >= 0.3 is 5.69 Å². The Bertz CT molecular complexity index is 1520. The second-order valence-electron chi connectivity index (χ2n) is 8.10. The van der Waals surface area contributed by atoms with Crippen LogP contribution in [0.25, 0.3) is 16.9 Å². The highest BCUT2D eigenvalue weighted by molar-refractivity contribution is 6.32. The fourth-order valence-corrected chi connectivity index (χ4v) is 4.04. The minimum Gasteiger partial charge on any atom is -0.496 e. The van der Waals surface area contributed by atoms with Crippen LogP contribution in [0.2, 0.25) is 5.02 Å². The maximum absolute atomic E-state index is 14.6. The quantitative estimate of drug-likeness (QED) is 0.268. The molecule has 0 aliphatic carbocycles. The molecule has 0 fully saturated rings. The Balaban J connectivity index is 1.81. The molecule has 2 N–H and O–H groups in total. The summed E-state index contributed by atoms with van der Waals surface area (Å²) in [7, 11) is 2.74. The van der Waals surface area contributed by atoms with Crippen LogP contribution in [-0.2, 0) is 6.61 Å². The van der Waals surface area contributed by atoms with Crippen molar-refractivity contribution in [3.63, 3.8) is 0 Å². The lowest BCUT2D eigenvalue weighted by Crippen LogP contribution is -2.16. The molecule has 38 heavy (non-hydrogen) atoms. The van der Waals surface area contributed by atoms with Gasteiger partial charge < -0.3 is 24.1 Å². The number of imidazole rings is 1. The number of fused-ring (bicyclic) bond motifs is 1. The molecule has 0 radical (unpaired) electrons. The zero-order valence-electron chi connectivity index (χ0n) is 20.8. The average molecular weight is 551 g/mol. The molecule has 4 rings (SSSR count). The summed E-state index contributed by atoms with van der Waals surface area (Å²) in [5, 5.41) is 9.17. The number of hydrogen-bond acceptors (Lipinski definition) is 8. The van der Waals surface area contributed by atoms with Crippen molar-refractivity contribution in [2.24, 2.45) is 0 Å². The molecule has 0 bridgehead atoms. The zero-order valence-corrected chi connectivity index (χ0v) is 21.6. The fraction of sp³-hybridized carbons (Fsp3) is 0.320.